The molecule has 0 bridgehead atoms. The van der Waals surface area contributed by atoms with Crippen molar-refractivity contribution in [3.63, 3.8) is 0 Å². The van der Waals surface area contributed by atoms with Crippen LogP contribution in [0.2, 0.25) is 0 Å². The molecule has 4 heteroatoms. The van der Waals surface area contributed by atoms with E-state index >= 15 is 0 Å². The van der Waals surface area contributed by atoms with Crippen molar-refractivity contribution >= 4 is 15.9 Å². The molecule has 0 radical (unpaired) electrons. The van der Waals surface area contributed by atoms with Gasteiger partial charge in [0.15, 0.2) is 0 Å². The third kappa shape index (κ3) is 2.31. The van der Waals surface area contributed by atoms with E-state index in [-0.39, 0.29) is 0 Å². The van der Waals surface area contributed by atoms with Crippen LogP contribution in [0, 0.1) is 0 Å². The fraction of sp³-hybridized carbons (Fsp3) is 0.571. The highest BCUT2D eigenvalue weighted by molar-refractivity contribution is 9.10. The number of rotatable bonds is 3. The lowest BCUT2D eigenvalue weighted by Gasteiger charge is -2.00. The first-order chi connectivity index (χ1) is 5.24. The Labute approximate surface area is 74.9 Å². The maximum absolute atomic E-state index is 4.26. The van der Waals surface area contributed by atoms with E-state index in [1.54, 1.807) is 0 Å². The molecule has 3 nitrogen and oxygen atoms in total. The lowest BCUT2D eigenvalue weighted by atomic mass is 10.5. The summed E-state index contributed by atoms with van der Waals surface area (Å²) in [5, 5.41) is 3.21. The molecule has 0 saturated carbocycles. The lowest BCUT2D eigenvalue weighted by molar-refractivity contribution is 0.661. The number of hydrogen-bond acceptors (Lipinski definition) is 2. The van der Waals surface area contributed by atoms with Crippen molar-refractivity contribution in [3.8, 4) is 0 Å². The smallest absolute Gasteiger partial charge is 0.124 e. The fourth-order valence-electron chi connectivity index (χ4n) is 0.866. The van der Waals surface area contributed by atoms with E-state index in [2.05, 4.69) is 33.2 Å². The van der Waals surface area contributed by atoms with Gasteiger partial charge < -0.3 is 9.88 Å². The Morgan fingerprint density at radius 1 is 1.73 bits per heavy atom. The molecule has 0 unspecified atom stereocenters. The number of aryl methyl sites for hydroxylation is 1. The maximum atomic E-state index is 4.26. The fourth-order valence-corrected chi connectivity index (χ4v) is 1.38. The second-order valence-corrected chi connectivity index (χ2v) is 3.18. The molecule has 1 aromatic heterocycles. The van der Waals surface area contributed by atoms with Crippen LogP contribution in [0.3, 0.4) is 0 Å². The van der Waals surface area contributed by atoms with Crippen molar-refractivity contribution in [2.75, 3.05) is 6.54 Å². The monoisotopic (exact) mass is 217 g/mol. The molecule has 0 aliphatic rings. The van der Waals surface area contributed by atoms with Gasteiger partial charge in [-0.05, 0) is 22.5 Å². The highest BCUT2D eigenvalue weighted by atomic mass is 79.9. The molecule has 1 N–H and O–H groups in total. The highest BCUT2D eigenvalue weighted by Crippen LogP contribution is 2.07. The van der Waals surface area contributed by atoms with Gasteiger partial charge in [-0.25, -0.2) is 4.98 Å². The van der Waals surface area contributed by atoms with Gasteiger partial charge in [-0.3, -0.25) is 0 Å². The zero-order chi connectivity index (χ0) is 8.27. The van der Waals surface area contributed by atoms with Crippen LogP contribution >= 0.6 is 15.9 Å². The number of hydrogen-bond donors (Lipinski definition) is 1. The summed E-state index contributed by atoms with van der Waals surface area (Å²) in [5.41, 5.74) is 0. The van der Waals surface area contributed by atoms with Crippen molar-refractivity contribution in [1.82, 2.24) is 14.9 Å². The quantitative estimate of drug-likeness (QED) is 0.828. The van der Waals surface area contributed by atoms with Gasteiger partial charge in [0.05, 0.1) is 6.54 Å². The Balaban J connectivity index is 2.62. The second-order valence-electron chi connectivity index (χ2n) is 2.37. The SMILES string of the molecule is CCNCc1nc(Br)cn1C. The Hall–Kier alpha value is -0.350. The zero-order valence-electron chi connectivity index (χ0n) is 6.76. The number of nitrogens with one attached hydrogen (secondary N) is 1. The third-order valence-electron chi connectivity index (χ3n) is 1.48. The lowest BCUT2D eigenvalue weighted by Crippen LogP contribution is -2.14. The summed E-state index contributed by atoms with van der Waals surface area (Å²) in [6.45, 7) is 3.89. The predicted octanol–water partition coefficient (Wildman–Crippen LogP) is 1.29. The van der Waals surface area contributed by atoms with E-state index in [0.717, 1.165) is 23.5 Å². The molecular formula is C7H12BrN3. The largest absolute Gasteiger partial charge is 0.336 e. The number of halogens is 1. The van der Waals surface area contributed by atoms with Gasteiger partial charge in [-0.2, -0.15) is 0 Å². The average Bonchev–Trinajstić information content (AvgIpc) is 2.26. The minimum absolute atomic E-state index is 0.832. The summed E-state index contributed by atoms with van der Waals surface area (Å²) in [5.74, 6) is 1.05. The van der Waals surface area contributed by atoms with Crippen LogP contribution in [-0.4, -0.2) is 16.1 Å². The van der Waals surface area contributed by atoms with Gasteiger partial charge in [0.2, 0.25) is 0 Å². The molecule has 0 spiro atoms. The van der Waals surface area contributed by atoms with Crippen molar-refractivity contribution in [2.45, 2.75) is 13.5 Å². The number of nitrogens with zero attached hydrogens (tertiary/aromatic N) is 2. The molecular weight excluding hydrogens is 206 g/mol. The molecule has 1 heterocycles. The van der Waals surface area contributed by atoms with Crippen LogP contribution in [0.15, 0.2) is 10.8 Å². The Morgan fingerprint density at radius 3 is 2.91 bits per heavy atom. The summed E-state index contributed by atoms with van der Waals surface area (Å²) in [6, 6.07) is 0. The van der Waals surface area contributed by atoms with Crippen LogP contribution in [-0.2, 0) is 13.6 Å². The van der Waals surface area contributed by atoms with Crippen molar-refractivity contribution in [2.24, 2.45) is 7.05 Å². The average molecular weight is 218 g/mol. The highest BCUT2D eigenvalue weighted by Gasteiger charge is 2.00. The van der Waals surface area contributed by atoms with Crippen LogP contribution in [0.1, 0.15) is 12.7 Å². The summed E-state index contributed by atoms with van der Waals surface area (Å²) >= 11 is 3.32. The van der Waals surface area contributed by atoms with E-state index in [4.69, 9.17) is 0 Å². The van der Waals surface area contributed by atoms with Gasteiger partial charge in [0.25, 0.3) is 0 Å². The molecule has 0 atom stereocenters. The van der Waals surface area contributed by atoms with Crippen LogP contribution in [0.5, 0.6) is 0 Å². The summed E-state index contributed by atoms with van der Waals surface area (Å²) in [4.78, 5) is 4.26. The van der Waals surface area contributed by atoms with Gasteiger partial charge in [0.1, 0.15) is 10.4 Å². The van der Waals surface area contributed by atoms with Crippen LogP contribution in [0.25, 0.3) is 0 Å². The first kappa shape index (κ1) is 8.74. The number of aromatic nitrogens is 2. The molecule has 0 aliphatic carbocycles. The minimum Gasteiger partial charge on any atom is -0.336 e. The summed E-state index contributed by atoms with van der Waals surface area (Å²) in [6.07, 6.45) is 1.95. The third-order valence-corrected chi connectivity index (χ3v) is 1.86. The topological polar surface area (TPSA) is 29.9 Å². The minimum atomic E-state index is 0.832. The standard InChI is InChI=1S/C7H12BrN3/c1-3-9-4-7-10-6(8)5-11(7)2/h5,9H,3-4H2,1-2H3. The van der Waals surface area contributed by atoms with Gasteiger partial charge in [-0.15, -0.1) is 0 Å². The molecule has 0 aromatic carbocycles. The summed E-state index contributed by atoms with van der Waals surface area (Å²) in [7, 11) is 1.99. The molecule has 0 fully saturated rings. The molecule has 11 heavy (non-hydrogen) atoms. The van der Waals surface area contributed by atoms with Crippen LogP contribution in [0.4, 0.5) is 0 Å². The second kappa shape index (κ2) is 3.88. The Morgan fingerprint density at radius 2 is 2.45 bits per heavy atom. The van der Waals surface area contributed by atoms with E-state index < -0.39 is 0 Å². The summed E-state index contributed by atoms with van der Waals surface area (Å²) < 4.78 is 2.90. The van der Waals surface area contributed by atoms with E-state index in [9.17, 15) is 0 Å². The first-order valence-corrected chi connectivity index (χ1v) is 4.41. The zero-order valence-corrected chi connectivity index (χ0v) is 8.35. The molecule has 1 rings (SSSR count). The van der Waals surface area contributed by atoms with Gasteiger partial charge in [-0.1, -0.05) is 6.92 Å². The van der Waals surface area contributed by atoms with Crippen molar-refractivity contribution in [1.29, 1.82) is 0 Å². The maximum Gasteiger partial charge on any atom is 0.124 e. The molecule has 62 valence electrons. The van der Waals surface area contributed by atoms with E-state index in [1.165, 1.54) is 0 Å². The Kier molecular flexibility index (Phi) is 3.08. The van der Waals surface area contributed by atoms with Crippen molar-refractivity contribution < 1.29 is 0 Å². The molecule has 0 saturated heterocycles. The Bertz CT molecular complexity index is 232. The predicted molar refractivity (Wildman–Crippen MR) is 48.3 cm³/mol. The molecule has 1 aromatic rings. The number of imidazole rings is 1. The van der Waals surface area contributed by atoms with Gasteiger partial charge >= 0.3 is 0 Å². The van der Waals surface area contributed by atoms with Crippen LogP contribution < -0.4 is 5.32 Å². The van der Waals surface area contributed by atoms with Gasteiger partial charge in [0, 0.05) is 13.2 Å². The molecule has 0 aliphatic heterocycles. The first-order valence-electron chi connectivity index (χ1n) is 3.62. The van der Waals surface area contributed by atoms with E-state index in [1.807, 2.05) is 17.8 Å². The van der Waals surface area contributed by atoms with E-state index in [0.29, 0.717) is 0 Å². The molecule has 0 amide bonds. The normalized spacial score (nSPS) is 10.5. The van der Waals surface area contributed by atoms with Crippen molar-refractivity contribution in [3.05, 3.63) is 16.6 Å².